The van der Waals surface area contributed by atoms with Crippen molar-refractivity contribution >= 4 is 17.6 Å². The number of rotatable bonds is 3. The van der Waals surface area contributed by atoms with Crippen molar-refractivity contribution in [3.8, 4) is 0 Å². The predicted octanol–water partition coefficient (Wildman–Crippen LogP) is 2.52. The second-order valence-corrected chi connectivity index (χ2v) is 5.22. The third-order valence-electron chi connectivity index (χ3n) is 3.86. The molecule has 1 amide bonds. The molecule has 1 aliphatic rings. The van der Waals surface area contributed by atoms with Crippen LogP contribution < -0.4 is 4.90 Å². The summed E-state index contributed by atoms with van der Waals surface area (Å²) in [6.45, 7) is 4.66. The van der Waals surface area contributed by atoms with Crippen LogP contribution in [0.4, 0.5) is 5.69 Å². The van der Waals surface area contributed by atoms with Crippen LogP contribution in [0.1, 0.15) is 30.4 Å². The number of carboxylic acid groups (broad SMARTS) is 1. The van der Waals surface area contributed by atoms with Crippen molar-refractivity contribution in [1.29, 1.82) is 0 Å². The molecule has 1 saturated heterocycles. The average Bonchev–Trinajstić information content (AvgIpc) is 2.33. The Kier molecular flexibility index (Phi) is 3.88. The summed E-state index contributed by atoms with van der Waals surface area (Å²) in [5, 5.41) is 8.79. The van der Waals surface area contributed by atoms with Gasteiger partial charge in [0.1, 0.15) is 0 Å². The van der Waals surface area contributed by atoms with Gasteiger partial charge in [-0.05, 0) is 43.4 Å². The summed E-state index contributed by atoms with van der Waals surface area (Å²) in [7, 11) is 0. The Morgan fingerprint density at radius 3 is 2.79 bits per heavy atom. The van der Waals surface area contributed by atoms with Gasteiger partial charge in [0.2, 0.25) is 5.91 Å². The van der Waals surface area contributed by atoms with Crippen LogP contribution in [-0.2, 0) is 9.59 Å². The largest absolute Gasteiger partial charge is 0.481 e. The van der Waals surface area contributed by atoms with E-state index in [1.54, 1.807) is 4.90 Å². The monoisotopic (exact) mass is 261 g/mol. The van der Waals surface area contributed by atoms with Gasteiger partial charge in [-0.25, -0.2) is 0 Å². The number of anilines is 1. The summed E-state index contributed by atoms with van der Waals surface area (Å²) in [4.78, 5) is 24.7. The van der Waals surface area contributed by atoms with E-state index >= 15 is 0 Å². The lowest BCUT2D eigenvalue weighted by Crippen LogP contribution is -2.39. The van der Waals surface area contributed by atoms with Gasteiger partial charge >= 0.3 is 5.97 Å². The van der Waals surface area contributed by atoms with Crippen LogP contribution in [0.3, 0.4) is 0 Å². The zero-order valence-corrected chi connectivity index (χ0v) is 11.3. The van der Waals surface area contributed by atoms with Gasteiger partial charge in [0.05, 0.1) is 0 Å². The molecule has 102 valence electrons. The Morgan fingerprint density at radius 2 is 2.16 bits per heavy atom. The van der Waals surface area contributed by atoms with Crippen molar-refractivity contribution in [2.24, 2.45) is 5.92 Å². The summed E-state index contributed by atoms with van der Waals surface area (Å²) in [5.41, 5.74) is 3.24. The van der Waals surface area contributed by atoms with Gasteiger partial charge in [-0.2, -0.15) is 0 Å². The van der Waals surface area contributed by atoms with E-state index in [4.69, 9.17) is 5.11 Å². The zero-order valence-electron chi connectivity index (χ0n) is 11.3. The number of aryl methyl sites for hydroxylation is 1. The van der Waals surface area contributed by atoms with E-state index in [0.29, 0.717) is 13.0 Å². The first-order valence-electron chi connectivity index (χ1n) is 6.57. The SMILES string of the molecule is Cc1cccc(N2CCC(CC(=O)O)CC2=O)c1C. The topological polar surface area (TPSA) is 57.6 Å². The molecule has 4 nitrogen and oxygen atoms in total. The van der Waals surface area contributed by atoms with Crippen molar-refractivity contribution < 1.29 is 14.7 Å². The van der Waals surface area contributed by atoms with Crippen LogP contribution >= 0.6 is 0 Å². The number of amides is 1. The molecule has 0 aliphatic carbocycles. The van der Waals surface area contributed by atoms with E-state index in [2.05, 4.69) is 0 Å². The molecule has 1 unspecified atom stereocenters. The molecule has 1 atom stereocenters. The number of piperidine rings is 1. The first kappa shape index (κ1) is 13.6. The molecule has 1 fully saturated rings. The maximum Gasteiger partial charge on any atom is 0.303 e. The Bertz CT molecular complexity index is 510. The zero-order chi connectivity index (χ0) is 14.0. The number of hydrogen-bond donors (Lipinski definition) is 1. The lowest BCUT2D eigenvalue weighted by Gasteiger charge is -2.32. The second kappa shape index (κ2) is 5.43. The number of carbonyl (C=O) groups is 2. The molecular weight excluding hydrogens is 242 g/mol. The van der Waals surface area contributed by atoms with Gasteiger partial charge in [0, 0.05) is 25.1 Å². The normalized spacial score (nSPS) is 19.6. The summed E-state index contributed by atoms with van der Waals surface area (Å²) in [6, 6.07) is 5.94. The smallest absolute Gasteiger partial charge is 0.303 e. The van der Waals surface area contributed by atoms with Gasteiger partial charge in [-0.3, -0.25) is 9.59 Å². The third-order valence-corrected chi connectivity index (χ3v) is 3.86. The molecule has 2 rings (SSSR count). The van der Waals surface area contributed by atoms with Gasteiger partial charge in [-0.1, -0.05) is 12.1 Å². The predicted molar refractivity (Wildman–Crippen MR) is 73.2 cm³/mol. The lowest BCUT2D eigenvalue weighted by atomic mass is 9.92. The first-order valence-corrected chi connectivity index (χ1v) is 6.57. The number of nitrogens with zero attached hydrogens (tertiary/aromatic N) is 1. The van der Waals surface area contributed by atoms with Crippen LogP contribution in [-0.4, -0.2) is 23.5 Å². The molecule has 0 radical (unpaired) electrons. The van der Waals surface area contributed by atoms with Gasteiger partial charge < -0.3 is 10.0 Å². The quantitative estimate of drug-likeness (QED) is 0.909. The van der Waals surface area contributed by atoms with E-state index in [1.165, 1.54) is 0 Å². The molecule has 1 aromatic carbocycles. The third kappa shape index (κ3) is 2.95. The molecule has 1 heterocycles. The van der Waals surface area contributed by atoms with E-state index in [9.17, 15) is 9.59 Å². The molecule has 0 saturated carbocycles. The van der Waals surface area contributed by atoms with Gasteiger partial charge in [-0.15, -0.1) is 0 Å². The van der Waals surface area contributed by atoms with Crippen LogP contribution in [0.25, 0.3) is 0 Å². The minimum Gasteiger partial charge on any atom is -0.481 e. The fraction of sp³-hybridized carbons (Fsp3) is 0.467. The highest BCUT2D eigenvalue weighted by Gasteiger charge is 2.28. The van der Waals surface area contributed by atoms with Crippen molar-refractivity contribution in [3.05, 3.63) is 29.3 Å². The van der Waals surface area contributed by atoms with Crippen molar-refractivity contribution in [2.45, 2.75) is 33.1 Å². The number of hydrogen-bond acceptors (Lipinski definition) is 2. The molecule has 1 aliphatic heterocycles. The van der Waals surface area contributed by atoms with Crippen molar-refractivity contribution in [3.63, 3.8) is 0 Å². The Balaban J connectivity index is 2.14. The van der Waals surface area contributed by atoms with Crippen LogP contribution in [0.2, 0.25) is 0 Å². The minimum absolute atomic E-state index is 0.0219. The first-order chi connectivity index (χ1) is 8.99. The number of carbonyl (C=O) groups excluding carboxylic acids is 1. The highest BCUT2D eigenvalue weighted by molar-refractivity contribution is 5.95. The summed E-state index contributed by atoms with van der Waals surface area (Å²) < 4.78 is 0. The van der Waals surface area contributed by atoms with Gasteiger partial charge in [0.15, 0.2) is 0 Å². The maximum atomic E-state index is 12.2. The average molecular weight is 261 g/mol. The highest BCUT2D eigenvalue weighted by atomic mass is 16.4. The van der Waals surface area contributed by atoms with Crippen LogP contribution in [0.15, 0.2) is 18.2 Å². The number of aliphatic carboxylic acids is 1. The molecule has 0 spiro atoms. The fourth-order valence-electron chi connectivity index (χ4n) is 2.60. The summed E-state index contributed by atoms with van der Waals surface area (Å²) in [5.74, 6) is -0.810. The second-order valence-electron chi connectivity index (χ2n) is 5.22. The molecule has 0 bridgehead atoms. The van der Waals surface area contributed by atoms with E-state index in [0.717, 1.165) is 23.2 Å². The summed E-state index contributed by atoms with van der Waals surface area (Å²) in [6.07, 6.45) is 1.18. The standard InChI is InChI=1S/C15H19NO3/c1-10-4-3-5-13(11(10)2)16-7-6-12(8-14(16)17)9-15(18)19/h3-5,12H,6-9H2,1-2H3,(H,18,19). The van der Waals surface area contributed by atoms with Crippen molar-refractivity contribution in [2.75, 3.05) is 11.4 Å². The molecule has 19 heavy (non-hydrogen) atoms. The van der Waals surface area contributed by atoms with Crippen molar-refractivity contribution in [1.82, 2.24) is 0 Å². The van der Waals surface area contributed by atoms with Crippen LogP contribution in [0.5, 0.6) is 0 Å². The van der Waals surface area contributed by atoms with E-state index < -0.39 is 5.97 Å². The number of benzene rings is 1. The number of carboxylic acids is 1. The maximum absolute atomic E-state index is 12.2. The Labute approximate surface area is 113 Å². The highest BCUT2D eigenvalue weighted by Crippen LogP contribution is 2.29. The molecule has 4 heteroatoms. The molecular formula is C15H19NO3. The lowest BCUT2D eigenvalue weighted by molar-refractivity contribution is -0.138. The van der Waals surface area contributed by atoms with Crippen LogP contribution in [0, 0.1) is 19.8 Å². The Morgan fingerprint density at radius 1 is 1.42 bits per heavy atom. The van der Waals surface area contributed by atoms with E-state index in [1.807, 2.05) is 32.0 Å². The Hall–Kier alpha value is -1.84. The van der Waals surface area contributed by atoms with E-state index in [-0.39, 0.29) is 18.2 Å². The molecule has 0 aromatic heterocycles. The fourth-order valence-corrected chi connectivity index (χ4v) is 2.60. The summed E-state index contributed by atoms with van der Waals surface area (Å²) >= 11 is 0. The minimum atomic E-state index is -0.821. The molecule has 1 N–H and O–H groups in total. The van der Waals surface area contributed by atoms with Gasteiger partial charge in [0.25, 0.3) is 0 Å². The molecule has 1 aromatic rings.